The fraction of sp³-hybridized carbons (Fsp3) is 0.111. The van der Waals surface area contributed by atoms with Crippen LogP contribution in [0.3, 0.4) is 0 Å². The van der Waals surface area contributed by atoms with Crippen molar-refractivity contribution in [1.29, 1.82) is 0 Å². The second-order valence-electron chi connectivity index (χ2n) is 5.13. The molecule has 0 aliphatic heterocycles. The van der Waals surface area contributed by atoms with Crippen LogP contribution in [0.1, 0.15) is 18.1 Å². The van der Waals surface area contributed by atoms with E-state index in [2.05, 4.69) is 11.9 Å². The van der Waals surface area contributed by atoms with Gasteiger partial charge in [-0.05, 0) is 36.3 Å². The summed E-state index contributed by atoms with van der Waals surface area (Å²) in [6, 6.07) is 16.4. The van der Waals surface area contributed by atoms with Crippen molar-refractivity contribution in [3.05, 3.63) is 78.4 Å². The Morgan fingerprint density at radius 1 is 1.05 bits per heavy atom. The minimum Gasteiger partial charge on any atom is -0.369 e. The van der Waals surface area contributed by atoms with Gasteiger partial charge in [0.05, 0.1) is 5.41 Å². The number of benzene rings is 2. The molecule has 1 unspecified atom stereocenters. The van der Waals surface area contributed by atoms with E-state index in [0.717, 1.165) is 11.1 Å². The Labute approximate surface area is 129 Å². The summed E-state index contributed by atoms with van der Waals surface area (Å²) in [5, 5.41) is 2.67. The lowest BCUT2D eigenvalue weighted by Gasteiger charge is -2.27. The van der Waals surface area contributed by atoms with Gasteiger partial charge in [-0.2, -0.15) is 0 Å². The number of anilines is 1. The van der Waals surface area contributed by atoms with Crippen molar-refractivity contribution in [2.45, 2.75) is 12.3 Å². The molecule has 2 amide bonds. The molecule has 0 radical (unpaired) electrons. The largest absolute Gasteiger partial charge is 0.369 e. The third kappa shape index (κ3) is 2.91. The Hall–Kier alpha value is -2.88. The number of primary amides is 1. The van der Waals surface area contributed by atoms with Crippen molar-refractivity contribution < 1.29 is 9.59 Å². The van der Waals surface area contributed by atoms with E-state index in [1.54, 1.807) is 31.2 Å². The minimum absolute atomic E-state index is 0.284. The molecular formula is C18H18N2O2. The molecule has 0 aliphatic carbocycles. The van der Waals surface area contributed by atoms with Crippen molar-refractivity contribution in [3.63, 3.8) is 0 Å². The highest BCUT2D eigenvalue weighted by Crippen LogP contribution is 2.32. The molecule has 4 heteroatoms. The quantitative estimate of drug-likeness (QED) is 0.832. The summed E-state index contributed by atoms with van der Waals surface area (Å²) in [7, 11) is 0. The Morgan fingerprint density at radius 3 is 2.09 bits per heavy atom. The maximum absolute atomic E-state index is 12.1. The van der Waals surface area contributed by atoms with Crippen LogP contribution in [0.5, 0.6) is 0 Å². The third-order valence-electron chi connectivity index (χ3n) is 3.76. The lowest BCUT2D eigenvalue weighted by Crippen LogP contribution is -2.39. The lowest BCUT2D eigenvalue weighted by molar-refractivity contribution is -0.121. The van der Waals surface area contributed by atoms with E-state index in [1.165, 1.54) is 6.08 Å². The van der Waals surface area contributed by atoms with Crippen LogP contribution in [0, 0.1) is 0 Å². The van der Waals surface area contributed by atoms with Crippen LogP contribution in [-0.4, -0.2) is 11.8 Å². The monoisotopic (exact) mass is 294 g/mol. The smallest absolute Gasteiger partial charge is 0.247 e. The van der Waals surface area contributed by atoms with E-state index in [4.69, 9.17) is 5.73 Å². The van der Waals surface area contributed by atoms with E-state index in [1.807, 2.05) is 30.3 Å². The molecule has 0 fully saturated rings. The number of hydrogen-bond donors (Lipinski definition) is 2. The fourth-order valence-electron chi connectivity index (χ4n) is 2.30. The molecule has 2 aromatic carbocycles. The molecule has 2 aromatic rings. The molecule has 0 bridgehead atoms. The van der Waals surface area contributed by atoms with Gasteiger partial charge in [0.2, 0.25) is 11.8 Å². The number of carbonyl (C=O) groups is 2. The molecule has 0 aliphatic rings. The van der Waals surface area contributed by atoms with Gasteiger partial charge in [0.25, 0.3) is 0 Å². The summed E-state index contributed by atoms with van der Waals surface area (Å²) in [4.78, 5) is 23.4. The molecule has 0 heterocycles. The number of hydrogen-bond acceptors (Lipinski definition) is 2. The van der Waals surface area contributed by atoms with E-state index in [0.29, 0.717) is 5.69 Å². The van der Waals surface area contributed by atoms with Crippen LogP contribution in [0.4, 0.5) is 5.69 Å². The first-order chi connectivity index (χ1) is 10.5. The number of nitrogens with two attached hydrogens (primary N) is 1. The summed E-state index contributed by atoms with van der Waals surface area (Å²) in [5.74, 6) is -0.713. The fourth-order valence-corrected chi connectivity index (χ4v) is 2.30. The van der Waals surface area contributed by atoms with E-state index in [9.17, 15) is 9.59 Å². The molecule has 4 nitrogen and oxygen atoms in total. The van der Waals surface area contributed by atoms with Gasteiger partial charge in [-0.1, -0.05) is 49.0 Å². The first kappa shape index (κ1) is 15.5. The van der Waals surface area contributed by atoms with E-state index < -0.39 is 11.3 Å². The lowest BCUT2D eigenvalue weighted by atomic mass is 9.75. The first-order valence-corrected chi connectivity index (χ1v) is 6.88. The summed E-state index contributed by atoms with van der Waals surface area (Å²) >= 11 is 0. The van der Waals surface area contributed by atoms with Crippen LogP contribution in [0.15, 0.2) is 67.3 Å². The zero-order chi connectivity index (χ0) is 16.2. The van der Waals surface area contributed by atoms with Crippen molar-refractivity contribution in [3.8, 4) is 0 Å². The molecule has 112 valence electrons. The standard InChI is InChI=1S/C18H18N2O2/c1-3-16(21)20-15-11-9-14(10-12-15)18(2,17(19)22)13-7-5-4-6-8-13/h3-12H,1H2,2H3,(H2,19,22)(H,20,21). The van der Waals surface area contributed by atoms with Gasteiger partial charge in [0.15, 0.2) is 0 Å². The van der Waals surface area contributed by atoms with Gasteiger partial charge in [-0.15, -0.1) is 0 Å². The summed E-state index contributed by atoms with van der Waals surface area (Å²) in [6.45, 7) is 5.20. The van der Waals surface area contributed by atoms with Gasteiger partial charge in [0.1, 0.15) is 0 Å². The van der Waals surface area contributed by atoms with Crippen LogP contribution in [0.25, 0.3) is 0 Å². The first-order valence-electron chi connectivity index (χ1n) is 6.88. The maximum Gasteiger partial charge on any atom is 0.247 e. The molecule has 0 aromatic heterocycles. The highest BCUT2D eigenvalue weighted by Gasteiger charge is 2.35. The van der Waals surface area contributed by atoms with Crippen molar-refractivity contribution >= 4 is 17.5 Å². The molecule has 1 atom stereocenters. The second kappa shape index (κ2) is 6.26. The average molecular weight is 294 g/mol. The normalized spacial score (nSPS) is 13.0. The third-order valence-corrected chi connectivity index (χ3v) is 3.76. The van der Waals surface area contributed by atoms with Crippen LogP contribution < -0.4 is 11.1 Å². The zero-order valence-corrected chi connectivity index (χ0v) is 12.4. The second-order valence-corrected chi connectivity index (χ2v) is 5.13. The number of nitrogens with one attached hydrogen (secondary N) is 1. The Kier molecular flexibility index (Phi) is 4.41. The molecule has 3 N–H and O–H groups in total. The summed E-state index contributed by atoms with van der Waals surface area (Å²) in [5.41, 5.74) is 6.95. The highest BCUT2D eigenvalue weighted by atomic mass is 16.2. The SMILES string of the molecule is C=CC(=O)Nc1ccc(C(C)(C(N)=O)c2ccccc2)cc1. The molecule has 0 saturated heterocycles. The maximum atomic E-state index is 12.1. The Morgan fingerprint density at radius 2 is 1.59 bits per heavy atom. The summed E-state index contributed by atoms with van der Waals surface area (Å²) < 4.78 is 0. The predicted octanol–water partition coefficient (Wildman–Crippen LogP) is 2.60. The Bertz CT molecular complexity index is 693. The number of rotatable bonds is 5. The topological polar surface area (TPSA) is 72.2 Å². The molecule has 22 heavy (non-hydrogen) atoms. The molecule has 0 spiro atoms. The van der Waals surface area contributed by atoms with Gasteiger partial charge in [0, 0.05) is 5.69 Å². The van der Waals surface area contributed by atoms with Gasteiger partial charge in [-0.25, -0.2) is 0 Å². The number of amides is 2. The summed E-state index contributed by atoms with van der Waals surface area (Å²) in [6.07, 6.45) is 1.20. The average Bonchev–Trinajstić information content (AvgIpc) is 2.55. The van der Waals surface area contributed by atoms with Crippen molar-refractivity contribution in [2.75, 3.05) is 5.32 Å². The number of carbonyl (C=O) groups excluding carboxylic acids is 2. The molecule has 0 saturated carbocycles. The van der Waals surface area contributed by atoms with Gasteiger partial charge >= 0.3 is 0 Å². The van der Waals surface area contributed by atoms with Crippen LogP contribution >= 0.6 is 0 Å². The van der Waals surface area contributed by atoms with Gasteiger partial charge in [-0.3, -0.25) is 9.59 Å². The van der Waals surface area contributed by atoms with Crippen LogP contribution in [-0.2, 0) is 15.0 Å². The zero-order valence-electron chi connectivity index (χ0n) is 12.4. The van der Waals surface area contributed by atoms with E-state index in [-0.39, 0.29) is 5.91 Å². The van der Waals surface area contributed by atoms with Crippen molar-refractivity contribution in [1.82, 2.24) is 0 Å². The molecular weight excluding hydrogens is 276 g/mol. The minimum atomic E-state index is -0.928. The molecule has 2 rings (SSSR count). The Balaban J connectivity index is 2.40. The van der Waals surface area contributed by atoms with E-state index >= 15 is 0 Å². The predicted molar refractivity (Wildman–Crippen MR) is 87.4 cm³/mol. The highest BCUT2D eigenvalue weighted by molar-refractivity contribution is 5.99. The van der Waals surface area contributed by atoms with Gasteiger partial charge < -0.3 is 11.1 Å². The van der Waals surface area contributed by atoms with Crippen molar-refractivity contribution in [2.24, 2.45) is 5.73 Å². The van der Waals surface area contributed by atoms with Crippen LogP contribution in [0.2, 0.25) is 0 Å².